The normalized spacial score (nSPS) is 18.9. The van der Waals surface area contributed by atoms with Crippen LogP contribution in [-0.4, -0.2) is 28.7 Å². The summed E-state index contributed by atoms with van der Waals surface area (Å²) in [6.07, 6.45) is -2.03. The van der Waals surface area contributed by atoms with Gasteiger partial charge in [-0.1, -0.05) is 23.7 Å². The Morgan fingerprint density at radius 3 is 2.41 bits per heavy atom. The predicted octanol–water partition coefficient (Wildman–Crippen LogP) is 3.69. The second-order valence-electron chi connectivity index (χ2n) is 5.86. The highest BCUT2D eigenvalue weighted by Crippen LogP contribution is 2.31. The van der Waals surface area contributed by atoms with Crippen molar-refractivity contribution < 1.29 is 23.9 Å². The standard InChI is InChI=1S/C15H16ClNO5/c1-15(2,3)22-14(20)17-11(8-12(18)21-13(17)19)9-4-6-10(16)7-5-9/h4-7,11H,8H2,1-3H3. The third kappa shape index (κ3) is 3.76. The fraction of sp³-hybridized carbons (Fsp3) is 0.400. The molecule has 1 fully saturated rings. The topological polar surface area (TPSA) is 72.9 Å². The predicted molar refractivity (Wildman–Crippen MR) is 78.4 cm³/mol. The molecule has 1 aliphatic heterocycles. The van der Waals surface area contributed by atoms with Gasteiger partial charge < -0.3 is 9.47 Å². The van der Waals surface area contributed by atoms with Crippen molar-refractivity contribution in [2.24, 2.45) is 0 Å². The molecule has 118 valence electrons. The smallest absolute Gasteiger partial charge is 0.427 e. The number of amides is 2. The largest absolute Gasteiger partial charge is 0.443 e. The number of nitrogens with zero attached hydrogens (tertiary/aromatic N) is 1. The van der Waals surface area contributed by atoms with E-state index in [0.717, 1.165) is 4.90 Å². The fourth-order valence-electron chi connectivity index (χ4n) is 2.03. The molecule has 22 heavy (non-hydrogen) atoms. The maximum Gasteiger partial charge on any atom is 0.427 e. The molecule has 1 aliphatic rings. The Balaban J connectivity index is 2.33. The third-order valence-electron chi connectivity index (χ3n) is 2.91. The lowest BCUT2D eigenvalue weighted by Crippen LogP contribution is -2.48. The van der Waals surface area contributed by atoms with E-state index in [2.05, 4.69) is 4.74 Å². The molecule has 0 saturated carbocycles. The van der Waals surface area contributed by atoms with E-state index >= 15 is 0 Å². The van der Waals surface area contributed by atoms with Gasteiger partial charge in [0.2, 0.25) is 0 Å². The number of benzene rings is 1. The Kier molecular flexibility index (Phi) is 4.42. The van der Waals surface area contributed by atoms with Gasteiger partial charge in [0.05, 0.1) is 12.5 Å². The van der Waals surface area contributed by atoms with Crippen molar-refractivity contribution in [3.8, 4) is 0 Å². The molecule has 1 unspecified atom stereocenters. The van der Waals surface area contributed by atoms with Gasteiger partial charge >= 0.3 is 18.2 Å². The van der Waals surface area contributed by atoms with Gasteiger partial charge in [0.25, 0.3) is 0 Å². The van der Waals surface area contributed by atoms with Crippen molar-refractivity contribution in [1.82, 2.24) is 4.90 Å². The molecule has 2 amide bonds. The Labute approximate surface area is 132 Å². The van der Waals surface area contributed by atoms with Crippen LogP contribution in [0.2, 0.25) is 5.02 Å². The molecule has 6 nitrogen and oxygen atoms in total. The Bertz CT molecular complexity index is 605. The highest BCUT2D eigenvalue weighted by Gasteiger charge is 2.42. The first-order chi connectivity index (χ1) is 10.2. The van der Waals surface area contributed by atoms with Crippen LogP contribution >= 0.6 is 11.6 Å². The van der Waals surface area contributed by atoms with Crippen LogP contribution < -0.4 is 0 Å². The van der Waals surface area contributed by atoms with Gasteiger partial charge in [0.1, 0.15) is 5.60 Å². The van der Waals surface area contributed by atoms with Crippen LogP contribution in [0, 0.1) is 0 Å². The van der Waals surface area contributed by atoms with Crippen molar-refractivity contribution in [2.45, 2.75) is 38.8 Å². The fourth-order valence-corrected chi connectivity index (χ4v) is 2.16. The molecule has 0 aliphatic carbocycles. The number of cyclic esters (lactones) is 2. The second-order valence-corrected chi connectivity index (χ2v) is 6.30. The minimum Gasteiger partial charge on any atom is -0.443 e. The lowest BCUT2D eigenvalue weighted by atomic mass is 10.0. The summed E-state index contributed by atoms with van der Waals surface area (Å²) in [5, 5.41) is 0.511. The minimum atomic E-state index is -1.04. The molecule has 0 spiro atoms. The summed E-state index contributed by atoms with van der Waals surface area (Å²) in [6.45, 7) is 5.05. The number of esters is 1. The van der Waals surface area contributed by atoms with E-state index in [1.165, 1.54) is 0 Å². The third-order valence-corrected chi connectivity index (χ3v) is 3.17. The monoisotopic (exact) mass is 325 g/mol. The van der Waals surface area contributed by atoms with Crippen molar-refractivity contribution in [2.75, 3.05) is 0 Å². The first-order valence-corrected chi connectivity index (χ1v) is 7.07. The summed E-state index contributed by atoms with van der Waals surface area (Å²) in [5.41, 5.74) is -0.177. The average molecular weight is 326 g/mol. The number of imide groups is 1. The molecule has 1 aromatic rings. The van der Waals surface area contributed by atoms with Gasteiger partial charge in [-0.2, -0.15) is 0 Å². The molecular formula is C15H16ClNO5. The average Bonchev–Trinajstić information content (AvgIpc) is 2.36. The second kappa shape index (κ2) is 5.96. The van der Waals surface area contributed by atoms with Gasteiger partial charge in [-0.25, -0.2) is 14.5 Å². The minimum absolute atomic E-state index is 0.132. The lowest BCUT2D eigenvalue weighted by Gasteiger charge is -2.33. The van der Waals surface area contributed by atoms with E-state index in [1.54, 1.807) is 45.0 Å². The number of hydrogen-bond donors (Lipinski definition) is 0. The summed E-state index contributed by atoms with van der Waals surface area (Å²) >= 11 is 5.83. The number of rotatable bonds is 1. The van der Waals surface area contributed by atoms with Gasteiger partial charge in [0.15, 0.2) is 0 Å². The van der Waals surface area contributed by atoms with Crippen LogP contribution in [0.3, 0.4) is 0 Å². The first kappa shape index (κ1) is 16.3. The zero-order valence-electron chi connectivity index (χ0n) is 12.5. The van der Waals surface area contributed by atoms with Gasteiger partial charge in [-0.3, -0.25) is 4.79 Å². The zero-order chi connectivity index (χ0) is 16.5. The number of hydrogen-bond acceptors (Lipinski definition) is 5. The molecule has 1 aromatic carbocycles. The quantitative estimate of drug-likeness (QED) is 0.581. The maximum atomic E-state index is 12.2. The molecule has 0 bridgehead atoms. The maximum absolute atomic E-state index is 12.2. The first-order valence-electron chi connectivity index (χ1n) is 6.70. The van der Waals surface area contributed by atoms with E-state index in [1.807, 2.05) is 0 Å². The highest BCUT2D eigenvalue weighted by molar-refractivity contribution is 6.30. The summed E-state index contributed by atoms with van der Waals surface area (Å²) < 4.78 is 9.74. The van der Waals surface area contributed by atoms with Gasteiger partial charge in [0, 0.05) is 5.02 Å². The van der Waals surface area contributed by atoms with Crippen LogP contribution in [0.25, 0.3) is 0 Å². The van der Waals surface area contributed by atoms with Gasteiger partial charge in [-0.15, -0.1) is 0 Å². The molecular weight excluding hydrogens is 310 g/mol. The van der Waals surface area contributed by atoms with Crippen molar-refractivity contribution in [1.29, 1.82) is 0 Å². The van der Waals surface area contributed by atoms with Crippen molar-refractivity contribution in [3.63, 3.8) is 0 Å². The Morgan fingerprint density at radius 2 is 1.86 bits per heavy atom. The Hall–Kier alpha value is -2.08. The van der Waals surface area contributed by atoms with Crippen molar-refractivity contribution >= 4 is 29.8 Å². The van der Waals surface area contributed by atoms with E-state index in [-0.39, 0.29) is 6.42 Å². The SMILES string of the molecule is CC(C)(C)OC(=O)N1C(=O)OC(=O)CC1c1ccc(Cl)cc1. The molecule has 1 heterocycles. The summed E-state index contributed by atoms with van der Waals surface area (Å²) in [4.78, 5) is 36.5. The number of carbonyl (C=O) groups excluding carboxylic acids is 3. The van der Waals surface area contributed by atoms with Crippen LogP contribution in [-0.2, 0) is 14.3 Å². The van der Waals surface area contributed by atoms with E-state index in [0.29, 0.717) is 10.6 Å². The number of carbonyl (C=O) groups is 3. The summed E-state index contributed by atoms with van der Waals surface area (Å²) in [7, 11) is 0. The number of ether oxygens (including phenoxy) is 2. The molecule has 0 aromatic heterocycles. The molecule has 0 radical (unpaired) electrons. The lowest BCUT2D eigenvalue weighted by molar-refractivity contribution is -0.143. The highest BCUT2D eigenvalue weighted by atomic mass is 35.5. The van der Waals surface area contributed by atoms with Gasteiger partial charge in [-0.05, 0) is 38.5 Å². The Morgan fingerprint density at radius 1 is 1.27 bits per heavy atom. The van der Waals surface area contributed by atoms with E-state index < -0.39 is 29.8 Å². The summed E-state index contributed by atoms with van der Waals surface area (Å²) in [5.74, 6) is -0.690. The van der Waals surface area contributed by atoms with E-state index in [4.69, 9.17) is 16.3 Å². The van der Waals surface area contributed by atoms with Crippen LogP contribution in [0.15, 0.2) is 24.3 Å². The molecule has 7 heteroatoms. The molecule has 0 N–H and O–H groups in total. The zero-order valence-corrected chi connectivity index (χ0v) is 13.2. The van der Waals surface area contributed by atoms with Crippen LogP contribution in [0.1, 0.15) is 38.8 Å². The summed E-state index contributed by atoms with van der Waals surface area (Å²) in [6, 6.07) is 5.76. The van der Waals surface area contributed by atoms with E-state index in [9.17, 15) is 14.4 Å². The molecule has 1 atom stereocenters. The molecule has 2 rings (SSSR count). The van der Waals surface area contributed by atoms with Crippen molar-refractivity contribution in [3.05, 3.63) is 34.9 Å². The number of halogens is 1. The van der Waals surface area contributed by atoms with Crippen LogP contribution in [0.4, 0.5) is 9.59 Å². The molecule has 1 saturated heterocycles. The van der Waals surface area contributed by atoms with Crippen LogP contribution in [0.5, 0.6) is 0 Å².